The number of nitriles is 1. The third-order valence-electron chi connectivity index (χ3n) is 5.07. The van der Waals surface area contributed by atoms with Crippen molar-refractivity contribution in [2.45, 2.75) is 31.6 Å². The number of nitrogens with one attached hydrogen (secondary N) is 1. The number of carbonyl (C=O) groups is 2. The quantitative estimate of drug-likeness (QED) is 0.749. The van der Waals surface area contributed by atoms with Crippen LogP contribution in [0.15, 0.2) is 24.3 Å². The first-order chi connectivity index (χ1) is 14.5. The normalized spacial score (nSPS) is 18.1. The lowest BCUT2D eigenvalue weighted by Crippen LogP contribution is -2.62. The molecule has 3 rings (SSSR count). The first-order valence-electron chi connectivity index (χ1n) is 10.0. The van der Waals surface area contributed by atoms with Gasteiger partial charge in [-0.3, -0.25) is 0 Å². The molecule has 0 saturated carbocycles. The summed E-state index contributed by atoms with van der Waals surface area (Å²) in [6.07, 6.45) is -0.446. The molecule has 2 aliphatic heterocycles. The molecule has 0 unspecified atom stereocenters. The molecular formula is C20H27N5O5S. The Bertz CT molecular complexity index is 967. The second kappa shape index (κ2) is 8.72. The second-order valence-corrected chi connectivity index (χ2v) is 10.8. The van der Waals surface area contributed by atoms with Crippen LogP contribution in [0.5, 0.6) is 0 Å². The molecule has 1 N–H and O–H groups in total. The van der Waals surface area contributed by atoms with Gasteiger partial charge in [0.25, 0.3) is 0 Å². The van der Waals surface area contributed by atoms with Crippen molar-refractivity contribution in [2.75, 3.05) is 44.6 Å². The molecule has 0 spiro atoms. The highest BCUT2D eigenvalue weighted by Gasteiger charge is 2.44. The van der Waals surface area contributed by atoms with Crippen LogP contribution in [-0.4, -0.2) is 84.8 Å². The molecule has 0 aromatic heterocycles. The lowest BCUT2D eigenvalue weighted by molar-refractivity contribution is 0.0191. The van der Waals surface area contributed by atoms with E-state index in [1.807, 2.05) is 6.07 Å². The van der Waals surface area contributed by atoms with Crippen molar-refractivity contribution in [1.82, 2.24) is 14.1 Å². The summed E-state index contributed by atoms with van der Waals surface area (Å²) in [4.78, 5) is 27.4. The van der Waals surface area contributed by atoms with Crippen LogP contribution in [0.1, 0.15) is 26.3 Å². The zero-order chi connectivity index (χ0) is 22.8. The molecule has 0 bridgehead atoms. The van der Waals surface area contributed by atoms with Crippen LogP contribution in [0.3, 0.4) is 0 Å². The van der Waals surface area contributed by atoms with Gasteiger partial charge in [0.15, 0.2) is 0 Å². The Labute approximate surface area is 182 Å². The Morgan fingerprint density at radius 2 is 1.65 bits per heavy atom. The van der Waals surface area contributed by atoms with Crippen molar-refractivity contribution in [1.29, 1.82) is 5.26 Å². The maximum Gasteiger partial charge on any atom is 0.410 e. The maximum atomic E-state index is 12.9. The second-order valence-electron chi connectivity index (χ2n) is 8.56. The van der Waals surface area contributed by atoms with Crippen molar-refractivity contribution >= 4 is 27.8 Å². The molecule has 0 aliphatic carbocycles. The fourth-order valence-corrected chi connectivity index (χ4v) is 5.12. The zero-order valence-electron chi connectivity index (χ0n) is 17.9. The Kier molecular flexibility index (Phi) is 6.43. The first kappa shape index (κ1) is 22.8. The molecule has 1 aromatic carbocycles. The average Bonchev–Trinajstić information content (AvgIpc) is 2.66. The summed E-state index contributed by atoms with van der Waals surface area (Å²) in [6, 6.07) is 8.04. The van der Waals surface area contributed by atoms with Gasteiger partial charge in [0.1, 0.15) is 10.9 Å². The van der Waals surface area contributed by atoms with Crippen molar-refractivity contribution in [2.24, 2.45) is 0 Å². The summed E-state index contributed by atoms with van der Waals surface area (Å²) in [5.74, 6) is 0. The molecule has 168 valence electrons. The van der Waals surface area contributed by atoms with Gasteiger partial charge in [0, 0.05) is 45.0 Å². The van der Waals surface area contributed by atoms with E-state index in [2.05, 4.69) is 5.32 Å². The number of carbonyl (C=O) groups excluding carboxylic acids is 2. The van der Waals surface area contributed by atoms with Crippen LogP contribution < -0.4 is 5.32 Å². The number of rotatable bonds is 3. The SMILES string of the molecule is CC(C)(C)OC(=O)N1CCN(S(=O)(=O)C2CN(C(=O)Nc3ccc(C#N)cc3)C2)CC1. The van der Waals surface area contributed by atoms with Gasteiger partial charge < -0.3 is 19.9 Å². The zero-order valence-corrected chi connectivity index (χ0v) is 18.7. The third-order valence-corrected chi connectivity index (χ3v) is 7.30. The number of likely N-dealkylation sites (tertiary alicyclic amines) is 1. The minimum atomic E-state index is -3.56. The predicted molar refractivity (Wildman–Crippen MR) is 114 cm³/mol. The van der Waals surface area contributed by atoms with Crippen LogP contribution in [0, 0.1) is 11.3 Å². The van der Waals surface area contributed by atoms with Crippen LogP contribution in [0.25, 0.3) is 0 Å². The van der Waals surface area contributed by atoms with Gasteiger partial charge in [-0.25, -0.2) is 18.0 Å². The van der Waals surface area contributed by atoms with E-state index in [1.54, 1.807) is 45.0 Å². The maximum absolute atomic E-state index is 12.9. The molecule has 2 heterocycles. The smallest absolute Gasteiger partial charge is 0.410 e. The van der Waals surface area contributed by atoms with E-state index >= 15 is 0 Å². The Balaban J connectivity index is 1.48. The number of hydrogen-bond donors (Lipinski definition) is 1. The van der Waals surface area contributed by atoms with Crippen molar-refractivity contribution in [3.8, 4) is 6.07 Å². The molecule has 11 heteroatoms. The summed E-state index contributed by atoms with van der Waals surface area (Å²) in [5, 5.41) is 10.8. The summed E-state index contributed by atoms with van der Waals surface area (Å²) >= 11 is 0. The predicted octanol–water partition coefficient (Wildman–Crippen LogP) is 1.66. The molecule has 31 heavy (non-hydrogen) atoms. The van der Waals surface area contributed by atoms with Gasteiger partial charge in [-0.15, -0.1) is 0 Å². The lowest BCUT2D eigenvalue weighted by atomic mass is 10.2. The van der Waals surface area contributed by atoms with Gasteiger partial charge in [-0.05, 0) is 45.0 Å². The van der Waals surface area contributed by atoms with Gasteiger partial charge in [0.2, 0.25) is 10.0 Å². The molecule has 2 aliphatic rings. The number of ether oxygens (including phenoxy) is 1. The summed E-state index contributed by atoms with van der Waals surface area (Å²) in [6.45, 7) is 6.51. The first-order valence-corrected chi connectivity index (χ1v) is 11.5. The summed E-state index contributed by atoms with van der Waals surface area (Å²) in [5.41, 5.74) is 0.419. The standard InChI is InChI=1S/C20H27N5O5S/c1-20(2,3)30-19(27)23-8-10-25(11-9-23)31(28,29)17-13-24(14-17)18(26)22-16-6-4-15(12-21)5-7-16/h4-7,17H,8-11,13-14H2,1-3H3,(H,22,26). The van der Waals surface area contributed by atoms with Crippen LogP contribution in [0.4, 0.5) is 15.3 Å². The Morgan fingerprint density at radius 1 is 1.06 bits per heavy atom. The molecule has 2 saturated heterocycles. The Hall–Kier alpha value is -2.84. The van der Waals surface area contributed by atoms with Crippen LogP contribution in [0.2, 0.25) is 0 Å². The number of anilines is 1. The molecule has 0 atom stereocenters. The van der Waals surface area contributed by atoms with Gasteiger partial charge >= 0.3 is 12.1 Å². The number of nitrogens with zero attached hydrogens (tertiary/aromatic N) is 4. The van der Waals surface area contributed by atoms with E-state index in [0.717, 1.165) is 0 Å². The third kappa shape index (κ3) is 5.45. The largest absolute Gasteiger partial charge is 0.444 e. The summed E-state index contributed by atoms with van der Waals surface area (Å²) < 4.78 is 32.5. The van der Waals surface area contributed by atoms with Crippen LogP contribution in [-0.2, 0) is 14.8 Å². The fourth-order valence-electron chi connectivity index (χ4n) is 3.29. The number of benzene rings is 1. The minimum Gasteiger partial charge on any atom is -0.444 e. The van der Waals surface area contributed by atoms with E-state index in [4.69, 9.17) is 10.00 Å². The van der Waals surface area contributed by atoms with Gasteiger partial charge in [-0.2, -0.15) is 9.57 Å². The van der Waals surface area contributed by atoms with Crippen molar-refractivity contribution in [3.63, 3.8) is 0 Å². The number of amides is 3. The van der Waals surface area contributed by atoms with E-state index in [1.165, 1.54) is 14.1 Å². The van der Waals surface area contributed by atoms with E-state index < -0.39 is 27.0 Å². The molecule has 2 fully saturated rings. The highest BCUT2D eigenvalue weighted by molar-refractivity contribution is 7.89. The van der Waals surface area contributed by atoms with Gasteiger partial charge in [0.05, 0.1) is 11.6 Å². The Morgan fingerprint density at radius 3 is 2.16 bits per heavy atom. The molecule has 0 radical (unpaired) electrons. The molecular weight excluding hydrogens is 422 g/mol. The number of hydrogen-bond acceptors (Lipinski definition) is 6. The topological polar surface area (TPSA) is 123 Å². The van der Waals surface area contributed by atoms with Crippen molar-refractivity contribution in [3.05, 3.63) is 29.8 Å². The highest BCUT2D eigenvalue weighted by atomic mass is 32.2. The molecule has 10 nitrogen and oxygen atoms in total. The molecule has 1 aromatic rings. The van der Waals surface area contributed by atoms with Crippen molar-refractivity contribution < 1.29 is 22.7 Å². The lowest BCUT2D eigenvalue weighted by Gasteiger charge is -2.42. The average molecular weight is 450 g/mol. The van der Waals surface area contributed by atoms with Crippen LogP contribution >= 0.6 is 0 Å². The van der Waals surface area contributed by atoms with Gasteiger partial charge in [-0.1, -0.05) is 0 Å². The van der Waals surface area contributed by atoms with E-state index in [0.29, 0.717) is 11.3 Å². The van der Waals surface area contributed by atoms with E-state index in [-0.39, 0.29) is 45.3 Å². The fraction of sp³-hybridized carbons (Fsp3) is 0.550. The summed E-state index contributed by atoms with van der Waals surface area (Å²) in [7, 11) is -3.56. The monoisotopic (exact) mass is 449 g/mol. The highest BCUT2D eigenvalue weighted by Crippen LogP contribution is 2.23. The number of piperazine rings is 1. The van der Waals surface area contributed by atoms with E-state index in [9.17, 15) is 18.0 Å². The number of urea groups is 1. The molecule has 3 amide bonds. The number of sulfonamides is 1. The minimum absolute atomic E-state index is 0.108.